The Hall–Kier alpha value is -1.40. The Morgan fingerprint density at radius 1 is 1.32 bits per heavy atom. The van der Waals surface area contributed by atoms with Crippen LogP contribution in [-0.2, 0) is 24.0 Å². The molecule has 1 aromatic carbocycles. The number of hydrogen-bond acceptors (Lipinski definition) is 5. The molecular formula is C16H15ClO5. The molecule has 6 heteroatoms. The van der Waals surface area contributed by atoms with E-state index in [9.17, 15) is 4.79 Å². The van der Waals surface area contributed by atoms with Crippen LogP contribution in [0.2, 0.25) is 5.02 Å². The lowest BCUT2D eigenvalue weighted by atomic mass is 9.83. The molecule has 0 amide bonds. The van der Waals surface area contributed by atoms with Crippen molar-refractivity contribution in [2.45, 2.75) is 43.9 Å². The number of benzene rings is 1. The summed E-state index contributed by atoms with van der Waals surface area (Å²) >= 11 is 6.02. The number of fused-ring (bicyclic) bond motifs is 2. The maximum absolute atomic E-state index is 12.4. The number of hydrogen-bond donors (Lipinski definition) is 0. The first-order valence-corrected chi connectivity index (χ1v) is 7.54. The van der Waals surface area contributed by atoms with Gasteiger partial charge in [0.25, 0.3) is 0 Å². The standard InChI is InChI=1S/C16H15ClO5/c1-9-15(2)7-12-14(18)19-13(8-16(12,20-9)22-21-15)10-4-3-5-11(17)6-10/h3-7,9,13H,8H2,1-2H3/t9?,13?,15-,16+/m1/s1. The number of halogens is 1. The lowest BCUT2D eigenvalue weighted by molar-refractivity contribution is -0.518. The Bertz CT molecular complexity index is 687. The molecule has 22 heavy (non-hydrogen) atoms. The van der Waals surface area contributed by atoms with Crippen LogP contribution in [0.5, 0.6) is 0 Å². The van der Waals surface area contributed by atoms with Crippen molar-refractivity contribution in [3.8, 4) is 0 Å². The third-order valence-corrected chi connectivity index (χ3v) is 4.75. The lowest BCUT2D eigenvalue weighted by Crippen LogP contribution is -2.63. The van der Waals surface area contributed by atoms with Gasteiger partial charge in [-0.25, -0.2) is 9.68 Å². The molecule has 4 heterocycles. The van der Waals surface area contributed by atoms with Crippen LogP contribution < -0.4 is 0 Å². The molecule has 1 spiro atoms. The van der Waals surface area contributed by atoms with Gasteiger partial charge in [-0.3, -0.25) is 0 Å². The second-order valence-electron chi connectivity index (χ2n) is 6.07. The van der Waals surface area contributed by atoms with Crippen molar-refractivity contribution in [3.05, 3.63) is 46.5 Å². The first-order chi connectivity index (χ1) is 10.4. The highest BCUT2D eigenvalue weighted by Crippen LogP contribution is 2.51. The van der Waals surface area contributed by atoms with Crippen molar-refractivity contribution < 1.29 is 24.0 Å². The average molecular weight is 323 g/mol. The van der Waals surface area contributed by atoms with E-state index >= 15 is 0 Å². The highest BCUT2D eigenvalue weighted by Gasteiger charge is 2.61. The fourth-order valence-corrected chi connectivity index (χ4v) is 3.27. The van der Waals surface area contributed by atoms with E-state index in [1.165, 1.54) is 0 Å². The molecule has 0 N–H and O–H groups in total. The van der Waals surface area contributed by atoms with Gasteiger partial charge in [-0.2, -0.15) is 4.89 Å². The molecule has 4 aliphatic heterocycles. The minimum atomic E-state index is -1.21. The summed E-state index contributed by atoms with van der Waals surface area (Å²) in [6.07, 6.45) is 1.35. The van der Waals surface area contributed by atoms with E-state index in [2.05, 4.69) is 0 Å². The van der Waals surface area contributed by atoms with Gasteiger partial charge in [-0.1, -0.05) is 23.7 Å². The van der Waals surface area contributed by atoms with E-state index in [1.807, 2.05) is 26.0 Å². The van der Waals surface area contributed by atoms with E-state index in [1.54, 1.807) is 18.2 Å². The molecule has 0 radical (unpaired) electrons. The number of rotatable bonds is 1. The second-order valence-corrected chi connectivity index (χ2v) is 6.51. The number of esters is 1. The van der Waals surface area contributed by atoms with Gasteiger partial charge in [0.1, 0.15) is 11.7 Å². The van der Waals surface area contributed by atoms with Crippen LogP contribution in [0.3, 0.4) is 0 Å². The lowest BCUT2D eigenvalue weighted by Gasteiger charge is -2.53. The normalized spacial score (nSPS) is 40.0. The highest BCUT2D eigenvalue weighted by molar-refractivity contribution is 6.30. The second kappa shape index (κ2) is 4.55. The predicted molar refractivity (Wildman–Crippen MR) is 76.8 cm³/mol. The van der Waals surface area contributed by atoms with Crippen molar-refractivity contribution in [1.82, 2.24) is 0 Å². The first kappa shape index (κ1) is 14.2. The van der Waals surface area contributed by atoms with E-state index in [0.717, 1.165) is 5.56 Å². The Morgan fingerprint density at radius 3 is 2.86 bits per heavy atom. The van der Waals surface area contributed by atoms with Crippen LogP contribution in [0, 0.1) is 0 Å². The molecule has 116 valence electrons. The zero-order valence-corrected chi connectivity index (χ0v) is 12.9. The Kier molecular flexibility index (Phi) is 2.94. The molecule has 2 fully saturated rings. The van der Waals surface area contributed by atoms with Crippen LogP contribution in [0.25, 0.3) is 0 Å². The minimum absolute atomic E-state index is 0.226. The van der Waals surface area contributed by atoms with Gasteiger partial charge in [0.05, 0.1) is 18.1 Å². The number of ether oxygens (including phenoxy) is 2. The largest absolute Gasteiger partial charge is 0.454 e. The molecule has 5 nitrogen and oxygen atoms in total. The molecule has 0 aromatic heterocycles. The number of cyclic esters (lactones) is 1. The van der Waals surface area contributed by atoms with Crippen LogP contribution in [0.15, 0.2) is 35.9 Å². The third-order valence-electron chi connectivity index (χ3n) is 4.52. The smallest absolute Gasteiger partial charge is 0.340 e. The summed E-state index contributed by atoms with van der Waals surface area (Å²) in [5, 5.41) is 0.582. The van der Waals surface area contributed by atoms with Gasteiger partial charge < -0.3 is 9.47 Å². The zero-order chi connectivity index (χ0) is 15.5. The van der Waals surface area contributed by atoms with Crippen LogP contribution >= 0.6 is 11.6 Å². The van der Waals surface area contributed by atoms with Crippen molar-refractivity contribution in [2.24, 2.45) is 0 Å². The van der Waals surface area contributed by atoms with Crippen LogP contribution in [-0.4, -0.2) is 23.5 Å². The molecule has 2 bridgehead atoms. The molecule has 2 saturated heterocycles. The Labute approximate surface area is 132 Å². The summed E-state index contributed by atoms with van der Waals surface area (Å²) in [6.45, 7) is 3.70. The molecule has 5 rings (SSSR count). The van der Waals surface area contributed by atoms with Crippen LogP contribution in [0.1, 0.15) is 31.9 Å². The third kappa shape index (κ3) is 1.93. The fourth-order valence-electron chi connectivity index (χ4n) is 3.07. The number of carbonyl (C=O) groups is 1. The zero-order valence-electron chi connectivity index (χ0n) is 12.2. The van der Waals surface area contributed by atoms with Crippen molar-refractivity contribution in [3.63, 3.8) is 0 Å². The topological polar surface area (TPSA) is 54.0 Å². The van der Waals surface area contributed by atoms with E-state index in [-0.39, 0.29) is 6.10 Å². The molecule has 0 aliphatic carbocycles. The van der Waals surface area contributed by atoms with Crippen LogP contribution in [0.4, 0.5) is 0 Å². The Morgan fingerprint density at radius 2 is 2.14 bits per heavy atom. The summed E-state index contributed by atoms with van der Waals surface area (Å²) in [6, 6.07) is 7.21. The van der Waals surface area contributed by atoms with Gasteiger partial charge in [0.2, 0.25) is 5.79 Å². The fraction of sp³-hybridized carbons (Fsp3) is 0.438. The SMILES string of the molecule is CC1O[C@]23CC(c4cccc(Cl)c4)OC(=O)C2=C[C@@]1(C)OO3. The summed E-state index contributed by atoms with van der Waals surface area (Å²) in [7, 11) is 0. The molecule has 0 saturated carbocycles. The summed E-state index contributed by atoms with van der Waals surface area (Å²) in [4.78, 5) is 23.3. The highest BCUT2D eigenvalue weighted by atomic mass is 35.5. The van der Waals surface area contributed by atoms with Gasteiger partial charge in [0, 0.05) is 5.02 Å². The maximum Gasteiger partial charge on any atom is 0.340 e. The molecular weight excluding hydrogens is 308 g/mol. The van der Waals surface area contributed by atoms with E-state index < -0.39 is 23.5 Å². The summed E-state index contributed by atoms with van der Waals surface area (Å²) < 4.78 is 11.5. The predicted octanol–water partition coefficient (Wildman–Crippen LogP) is 3.09. The van der Waals surface area contributed by atoms with Gasteiger partial charge in [0.15, 0.2) is 0 Å². The van der Waals surface area contributed by atoms with E-state index in [0.29, 0.717) is 17.0 Å². The maximum atomic E-state index is 12.4. The minimum Gasteiger partial charge on any atom is -0.454 e. The molecule has 4 atom stereocenters. The average Bonchev–Trinajstić information content (AvgIpc) is 2.48. The molecule has 4 aliphatic rings. The first-order valence-electron chi connectivity index (χ1n) is 7.16. The van der Waals surface area contributed by atoms with Gasteiger partial charge >= 0.3 is 5.97 Å². The van der Waals surface area contributed by atoms with Crippen molar-refractivity contribution >= 4 is 17.6 Å². The monoisotopic (exact) mass is 322 g/mol. The van der Waals surface area contributed by atoms with Gasteiger partial charge in [-0.05, 0) is 37.6 Å². The van der Waals surface area contributed by atoms with Crippen molar-refractivity contribution in [1.29, 1.82) is 0 Å². The summed E-state index contributed by atoms with van der Waals surface area (Å²) in [5.41, 5.74) is 0.393. The van der Waals surface area contributed by atoms with Gasteiger partial charge in [-0.15, -0.1) is 0 Å². The van der Waals surface area contributed by atoms with Crippen molar-refractivity contribution in [2.75, 3.05) is 0 Å². The quantitative estimate of drug-likeness (QED) is 0.587. The molecule has 1 aromatic rings. The number of carbonyl (C=O) groups excluding carboxylic acids is 1. The summed E-state index contributed by atoms with van der Waals surface area (Å²) in [5.74, 6) is -1.66. The van der Waals surface area contributed by atoms with E-state index in [4.69, 9.17) is 30.8 Å². The molecule has 2 unspecified atom stereocenters. The Balaban J connectivity index is 1.74.